The van der Waals surface area contributed by atoms with E-state index in [1.807, 2.05) is 30.3 Å². The minimum atomic E-state index is -0.325. The van der Waals surface area contributed by atoms with Crippen molar-refractivity contribution in [2.24, 2.45) is 5.73 Å². The van der Waals surface area contributed by atoms with Gasteiger partial charge in [-0.1, -0.05) is 30.3 Å². The monoisotopic (exact) mass is 441 g/mol. The summed E-state index contributed by atoms with van der Waals surface area (Å²) in [5.74, 6) is 0.260. The van der Waals surface area contributed by atoms with Crippen LogP contribution in [0, 0.1) is 0 Å². The van der Waals surface area contributed by atoms with Crippen LogP contribution in [-0.4, -0.2) is 61.4 Å². The first-order chi connectivity index (χ1) is 15.0. The smallest absolute Gasteiger partial charge is 0.319 e. The van der Waals surface area contributed by atoms with Crippen molar-refractivity contribution >= 4 is 35.1 Å². The molecule has 0 spiro atoms. The third-order valence-corrected chi connectivity index (χ3v) is 6.43. The Labute approximate surface area is 188 Å². The van der Waals surface area contributed by atoms with Gasteiger partial charge in [0.2, 0.25) is 5.91 Å². The second-order valence-corrected chi connectivity index (χ2v) is 8.74. The van der Waals surface area contributed by atoms with Crippen LogP contribution in [0.2, 0.25) is 0 Å². The number of carbonyl (C=O) groups excluding carboxylic acids is 2. The first kappa shape index (κ1) is 23.0. The van der Waals surface area contributed by atoms with Crippen LogP contribution >= 0.6 is 11.8 Å². The fourth-order valence-corrected chi connectivity index (χ4v) is 4.53. The highest BCUT2D eigenvalue weighted by Gasteiger charge is 2.21. The molecule has 31 heavy (non-hydrogen) atoms. The zero-order chi connectivity index (χ0) is 22.1. The molecular formula is C23H31N5O2S. The van der Waals surface area contributed by atoms with Crippen molar-refractivity contribution in [2.45, 2.75) is 24.3 Å². The number of nitrogens with one attached hydrogen (secondary N) is 2. The lowest BCUT2D eigenvalue weighted by molar-refractivity contribution is -0.117. The number of anilines is 2. The molecule has 3 amide bonds. The van der Waals surface area contributed by atoms with Crippen molar-refractivity contribution in [2.75, 3.05) is 48.7 Å². The molecule has 166 valence electrons. The van der Waals surface area contributed by atoms with Gasteiger partial charge in [0.05, 0.1) is 5.69 Å². The van der Waals surface area contributed by atoms with Gasteiger partial charge in [-0.25, -0.2) is 4.79 Å². The van der Waals surface area contributed by atoms with E-state index in [4.69, 9.17) is 5.73 Å². The maximum absolute atomic E-state index is 12.4. The summed E-state index contributed by atoms with van der Waals surface area (Å²) in [6.07, 6.45) is 0.306. The van der Waals surface area contributed by atoms with Crippen LogP contribution in [0.25, 0.3) is 0 Å². The van der Waals surface area contributed by atoms with E-state index in [9.17, 15) is 9.59 Å². The number of nitrogens with zero attached hydrogens (tertiary/aromatic N) is 2. The van der Waals surface area contributed by atoms with E-state index >= 15 is 0 Å². The summed E-state index contributed by atoms with van der Waals surface area (Å²) in [7, 11) is 0. The number of urea groups is 1. The van der Waals surface area contributed by atoms with Gasteiger partial charge in [-0.15, -0.1) is 11.8 Å². The average molecular weight is 442 g/mol. The lowest BCUT2D eigenvalue weighted by atomic mass is 10.2. The zero-order valence-corrected chi connectivity index (χ0v) is 18.7. The second-order valence-electron chi connectivity index (χ2n) is 7.60. The van der Waals surface area contributed by atoms with Gasteiger partial charge in [-0.2, -0.15) is 0 Å². The largest absolute Gasteiger partial charge is 0.370 e. The number of benzene rings is 2. The predicted molar refractivity (Wildman–Crippen MR) is 128 cm³/mol. The van der Waals surface area contributed by atoms with Gasteiger partial charge >= 0.3 is 6.03 Å². The Balaban J connectivity index is 1.42. The third-order valence-electron chi connectivity index (χ3n) is 5.36. The molecule has 1 saturated heterocycles. The van der Waals surface area contributed by atoms with Crippen LogP contribution in [0.15, 0.2) is 59.5 Å². The number of carbonyl (C=O) groups is 2. The number of amides is 3. The normalized spacial score (nSPS) is 15.3. The number of primary amides is 1. The van der Waals surface area contributed by atoms with Crippen molar-refractivity contribution < 1.29 is 9.59 Å². The third kappa shape index (κ3) is 7.18. The molecule has 1 unspecified atom stereocenters. The molecule has 1 fully saturated rings. The van der Waals surface area contributed by atoms with Crippen LogP contribution < -0.4 is 21.3 Å². The fraction of sp³-hybridized carbons (Fsp3) is 0.391. The van der Waals surface area contributed by atoms with E-state index < -0.39 is 0 Å². The quantitative estimate of drug-likeness (QED) is 0.521. The number of nitrogens with two attached hydrogens (primary N) is 1. The van der Waals surface area contributed by atoms with Crippen molar-refractivity contribution in [3.05, 3.63) is 54.6 Å². The molecule has 1 heterocycles. The van der Waals surface area contributed by atoms with Gasteiger partial charge in [-0.05, 0) is 31.2 Å². The molecule has 3 rings (SSSR count). The number of thioether (sulfide) groups is 1. The molecule has 4 N–H and O–H groups in total. The van der Waals surface area contributed by atoms with Crippen LogP contribution in [0.4, 0.5) is 16.2 Å². The first-order valence-electron chi connectivity index (χ1n) is 10.6. The second kappa shape index (κ2) is 11.6. The molecule has 2 aromatic carbocycles. The van der Waals surface area contributed by atoms with E-state index in [0.717, 1.165) is 36.8 Å². The van der Waals surface area contributed by atoms with Crippen molar-refractivity contribution in [3.63, 3.8) is 0 Å². The Kier molecular flexibility index (Phi) is 8.61. The van der Waals surface area contributed by atoms with E-state index in [0.29, 0.717) is 18.7 Å². The molecule has 0 aromatic heterocycles. The van der Waals surface area contributed by atoms with E-state index in [2.05, 4.69) is 51.6 Å². The summed E-state index contributed by atoms with van der Waals surface area (Å²) in [5, 5.41) is 5.91. The lowest BCUT2D eigenvalue weighted by Gasteiger charge is -2.39. The standard InChI is InChI=1S/C23H31N5O2S/c1-18(27-12-14-28(15-13-27)19-7-3-2-4-8-19)17-25-23(30)26-20-9-5-6-10-21(20)31-16-11-22(24)29/h2-10,18H,11-17H2,1H3,(H2,24,29)(H2,25,26,30). The van der Waals surface area contributed by atoms with Gasteiger partial charge in [0.1, 0.15) is 0 Å². The van der Waals surface area contributed by atoms with E-state index in [1.165, 1.54) is 17.4 Å². The summed E-state index contributed by atoms with van der Waals surface area (Å²) in [5.41, 5.74) is 7.20. The summed E-state index contributed by atoms with van der Waals surface area (Å²) < 4.78 is 0. The lowest BCUT2D eigenvalue weighted by Crippen LogP contribution is -2.52. The fourth-order valence-electron chi connectivity index (χ4n) is 3.55. The van der Waals surface area contributed by atoms with Gasteiger partial charge in [0, 0.05) is 61.5 Å². The molecule has 0 bridgehead atoms. The van der Waals surface area contributed by atoms with Crippen LogP contribution in [0.1, 0.15) is 13.3 Å². The molecule has 1 atom stereocenters. The highest BCUT2D eigenvalue weighted by atomic mass is 32.2. The van der Waals surface area contributed by atoms with Crippen molar-refractivity contribution in [1.29, 1.82) is 0 Å². The summed E-state index contributed by atoms with van der Waals surface area (Å²) >= 11 is 1.51. The Bertz CT molecular complexity index is 856. The minimum absolute atomic E-state index is 0.224. The highest BCUT2D eigenvalue weighted by Crippen LogP contribution is 2.27. The molecule has 0 aliphatic carbocycles. The number of rotatable bonds is 9. The Morgan fingerprint density at radius 1 is 1.03 bits per heavy atom. The van der Waals surface area contributed by atoms with Crippen molar-refractivity contribution in [1.82, 2.24) is 10.2 Å². The Morgan fingerprint density at radius 3 is 2.42 bits per heavy atom. The predicted octanol–water partition coefficient (Wildman–Crippen LogP) is 2.99. The van der Waals surface area contributed by atoms with Crippen LogP contribution in [-0.2, 0) is 4.79 Å². The molecule has 0 radical (unpaired) electrons. The van der Waals surface area contributed by atoms with E-state index in [1.54, 1.807) is 0 Å². The van der Waals surface area contributed by atoms with E-state index in [-0.39, 0.29) is 18.0 Å². The SMILES string of the molecule is CC(CNC(=O)Nc1ccccc1SCCC(N)=O)N1CCN(c2ccccc2)CC1. The van der Waals surface area contributed by atoms with Crippen LogP contribution in [0.5, 0.6) is 0 Å². The zero-order valence-electron chi connectivity index (χ0n) is 17.9. The minimum Gasteiger partial charge on any atom is -0.370 e. The molecular weight excluding hydrogens is 410 g/mol. The number of piperazine rings is 1. The molecule has 1 aliphatic rings. The summed E-state index contributed by atoms with van der Waals surface area (Å²) in [6, 6.07) is 18.1. The van der Waals surface area contributed by atoms with Crippen LogP contribution in [0.3, 0.4) is 0 Å². The number of hydrogen-bond donors (Lipinski definition) is 3. The molecule has 2 aromatic rings. The molecule has 7 nitrogen and oxygen atoms in total. The van der Waals surface area contributed by atoms with Gasteiger partial charge in [0.15, 0.2) is 0 Å². The van der Waals surface area contributed by atoms with Gasteiger partial charge < -0.3 is 21.3 Å². The molecule has 0 saturated carbocycles. The molecule has 8 heteroatoms. The first-order valence-corrected chi connectivity index (χ1v) is 11.6. The highest BCUT2D eigenvalue weighted by molar-refractivity contribution is 7.99. The van der Waals surface area contributed by atoms with Crippen molar-refractivity contribution in [3.8, 4) is 0 Å². The summed E-state index contributed by atoms with van der Waals surface area (Å²) in [4.78, 5) is 29.1. The van der Waals surface area contributed by atoms with Gasteiger partial charge in [-0.3, -0.25) is 9.69 Å². The molecule has 1 aliphatic heterocycles. The topological polar surface area (TPSA) is 90.7 Å². The maximum atomic E-state index is 12.4. The number of para-hydroxylation sites is 2. The van der Waals surface area contributed by atoms with Gasteiger partial charge in [0.25, 0.3) is 0 Å². The Morgan fingerprint density at radius 2 is 1.71 bits per heavy atom. The average Bonchev–Trinajstić information content (AvgIpc) is 2.79. The Hall–Kier alpha value is -2.71. The maximum Gasteiger partial charge on any atom is 0.319 e. The summed E-state index contributed by atoms with van der Waals surface area (Å²) in [6.45, 7) is 6.63. The number of hydrogen-bond acceptors (Lipinski definition) is 5.